The van der Waals surface area contributed by atoms with E-state index in [4.69, 9.17) is 0 Å². The van der Waals surface area contributed by atoms with E-state index in [1.807, 2.05) is 16.8 Å². The molecule has 0 unspecified atom stereocenters. The Labute approximate surface area is 130 Å². The summed E-state index contributed by atoms with van der Waals surface area (Å²) in [5, 5.41) is 10.0. The van der Waals surface area contributed by atoms with Gasteiger partial charge in [0.25, 0.3) is 5.91 Å². The minimum atomic E-state index is -0.141. The summed E-state index contributed by atoms with van der Waals surface area (Å²) < 4.78 is 0. The molecule has 2 N–H and O–H groups in total. The van der Waals surface area contributed by atoms with E-state index in [2.05, 4.69) is 15.6 Å². The van der Waals surface area contributed by atoms with Gasteiger partial charge in [0.05, 0.1) is 10.6 Å². The van der Waals surface area contributed by atoms with Gasteiger partial charge < -0.3 is 5.32 Å². The first-order valence-electron chi connectivity index (χ1n) is 6.79. The van der Waals surface area contributed by atoms with E-state index in [1.165, 1.54) is 22.7 Å². The van der Waals surface area contributed by atoms with E-state index >= 15 is 0 Å². The van der Waals surface area contributed by atoms with Gasteiger partial charge >= 0.3 is 0 Å². The van der Waals surface area contributed by atoms with Crippen LogP contribution in [0.3, 0.4) is 0 Å². The second-order valence-corrected chi connectivity index (χ2v) is 6.72. The fourth-order valence-electron chi connectivity index (χ4n) is 1.81. The second kappa shape index (κ2) is 6.36. The predicted octanol–water partition coefficient (Wildman–Crippen LogP) is 2.67. The van der Waals surface area contributed by atoms with Gasteiger partial charge in [-0.3, -0.25) is 14.9 Å². The van der Waals surface area contributed by atoms with Gasteiger partial charge in [0, 0.05) is 17.8 Å². The maximum atomic E-state index is 11.9. The van der Waals surface area contributed by atoms with E-state index < -0.39 is 0 Å². The number of nitrogens with one attached hydrogen (secondary N) is 2. The summed E-state index contributed by atoms with van der Waals surface area (Å²) in [5.74, 6) is -0.0629. The number of nitrogens with zero attached hydrogens (tertiary/aromatic N) is 1. The van der Waals surface area contributed by atoms with Gasteiger partial charge in [-0.2, -0.15) is 0 Å². The smallest absolute Gasteiger partial charge is 0.267 e. The molecular formula is C14H15N3O2S2. The molecule has 2 aromatic rings. The topological polar surface area (TPSA) is 71.1 Å². The number of hydrogen-bond acceptors (Lipinski definition) is 5. The molecule has 2 aromatic heterocycles. The first kappa shape index (κ1) is 14.2. The van der Waals surface area contributed by atoms with Gasteiger partial charge in [0.1, 0.15) is 0 Å². The molecule has 1 fully saturated rings. The summed E-state index contributed by atoms with van der Waals surface area (Å²) in [6, 6.07) is 4.01. The maximum Gasteiger partial charge on any atom is 0.267 e. The normalized spacial score (nSPS) is 13.9. The van der Waals surface area contributed by atoms with Crippen LogP contribution in [0.15, 0.2) is 22.9 Å². The summed E-state index contributed by atoms with van der Waals surface area (Å²) in [6.45, 7) is 0. The Kier molecular flexibility index (Phi) is 4.31. The van der Waals surface area contributed by atoms with Crippen LogP contribution in [0.5, 0.6) is 0 Å². The lowest BCUT2D eigenvalue weighted by atomic mass is 10.2. The summed E-state index contributed by atoms with van der Waals surface area (Å²) in [6.07, 6.45) is 3.24. The Hall–Kier alpha value is -1.73. The predicted molar refractivity (Wildman–Crippen MR) is 83.9 cm³/mol. The van der Waals surface area contributed by atoms with Gasteiger partial charge in [-0.25, -0.2) is 4.98 Å². The fraction of sp³-hybridized carbons (Fsp3) is 0.357. The Morgan fingerprint density at radius 1 is 1.33 bits per heavy atom. The van der Waals surface area contributed by atoms with Crippen LogP contribution in [0.4, 0.5) is 5.13 Å². The molecule has 0 radical (unpaired) electrons. The molecule has 1 saturated carbocycles. The highest BCUT2D eigenvalue weighted by Gasteiger charge is 2.23. The monoisotopic (exact) mass is 321 g/mol. The maximum absolute atomic E-state index is 11.9. The van der Waals surface area contributed by atoms with Gasteiger partial charge in [-0.05, 0) is 30.7 Å². The highest BCUT2D eigenvalue weighted by atomic mass is 32.1. The SMILES string of the molecule is O=C(CCc1csc(NC(=O)c2cccs2)n1)NC1CC1. The van der Waals surface area contributed by atoms with Crippen LogP contribution in [0.2, 0.25) is 0 Å². The average Bonchev–Trinajstić information content (AvgIpc) is 2.96. The van der Waals surface area contributed by atoms with E-state index in [0.717, 1.165) is 18.5 Å². The fourth-order valence-corrected chi connectivity index (χ4v) is 3.17. The summed E-state index contributed by atoms with van der Waals surface area (Å²) in [5.41, 5.74) is 0.840. The number of thiazole rings is 1. The number of aromatic nitrogens is 1. The highest BCUT2D eigenvalue weighted by molar-refractivity contribution is 7.14. The zero-order chi connectivity index (χ0) is 14.7. The summed E-state index contributed by atoms with van der Waals surface area (Å²) in [4.78, 5) is 28.5. The summed E-state index contributed by atoms with van der Waals surface area (Å²) >= 11 is 2.78. The lowest BCUT2D eigenvalue weighted by molar-refractivity contribution is -0.121. The van der Waals surface area contributed by atoms with Crippen LogP contribution in [0, 0.1) is 0 Å². The summed E-state index contributed by atoms with van der Waals surface area (Å²) in [7, 11) is 0. The Bertz CT molecular complexity index is 632. The molecule has 2 amide bonds. The van der Waals surface area contributed by atoms with Crippen molar-refractivity contribution in [1.82, 2.24) is 10.3 Å². The number of amides is 2. The number of carbonyl (C=O) groups excluding carboxylic acids is 2. The van der Waals surface area contributed by atoms with Crippen LogP contribution < -0.4 is 10.6 Å². The molecule has 2 heterocycles. The third-order valence-corrected chi connectivity index (χ3v) is 4.74. The lowest BCUT2D eigenvalue weighted by Gasteiger charge is -2.01. The number of hydrogen-bond donors (Lipinski definition) is 2. The Balaban J connectivity index is 1.48. The molecule has 0 saturated heterocycles. The number of rotatable bonds is 6. The lowest BCUT2D eigenvalue weighted by Crippen LogP contribution is -2.25. The van der Waals surface area contributed by atoms with Crippen molar-refractivity contribution in [1.29, 1.82) is 0 Å². The van der Waals surface area contributed by atoms with E-state index in [-0.39, 0.29) is 11.8 Å². The molecule has 0 spiro atoms. The van der Waals surface area contributed by atoms with Crippen molar-refractivity contribution in [3.8, 4) is 0 Å². The molecule has 3 rings (SSSR count). The molecule has 0 bridgehead atoms. The minimum absolute atomic E-state index is 0.0784. The number of anilines is 1. The van der Waals surface area contributed by atoms with Gasteiger partial charge in [0.2, 0.25) is 5.91 Å². The first-order chi connectivity index (χ1) is 10.2. The number of aryl methyl sites for hydroxylation is 1. The van der Waals surface area contributed by atoms with Crippen molar-refractivity contribution in [2.45, 2.75) is 31.7 Å². The van der Waals surface area contributed by atoms with Gasteiger partial charge in [0.15, 0.2) is 5.13 Å². The van der Waals surface area contributed by atoms with Crippen molar-refractivity contribution in [2.75, 3.05) is 5.32 Å². The number of carbonyl (C=O) groups is 2. The van der Waals surface area contributed by atoms with Crippen molar-refractivity contribution in [3.63, 3.8) is 0 Å². The average molecular weight is 321 g/mol. The van der Waals surface area contributed by atoms with E-state index in [9.17, 15) is 9.59 Å². The van der Waals surface area contributed by atoms with Crippen LogP contribution in [-0.2, 0) is 11.2 Å². The van der Waals surface area contributed by atoms with Gasteiger partial charge in [-0.1, -0.05) is 6.07 Å². The van der Waals surface area contributed by atoms with Crippen LogP contribution >= 0.6 is 22.7 Å². The molecule has 21 heavy (non-hydrogen) atoms. The third kappa shape index (κ3) is 4.12. The largest absolute Gasteiger partial charge is 0.353 e. The molecule has 7 heteroatoms. The van der Waals surface area contributed by atoms with Crippen molar-refractivity contribution in [2.24, 2.45) is 0 Å². The third-order valence-electron chi connectivity index (χ3n) is 3.07. The Morgan fingerprint density at radius 2 is 2.19 bits per heavy atom. The van der Waals surface area contributed by atoms with Crippen LogP contribution in [0.25, 0.3) is 0 Å². The van der Waals surface area contributed by atoms with Gasteiger partial charge in [-0.15, -0.1) is 22.7 Å². The molecule has 0 aromatic carbocycles. The molecule has 110 valence electrons. The zero-order valence-corrected chi connectivity index (χ0v) is 12.9. The van der Waals surface area contributed by atoms with Crippen molar-refractivity contribution in [3.05, 3.63) is 33.5 Å². The van der Waals surface area contributed by atoms with Crippen LogP contribution in [0.1, 0.15) is 34.6 Å². The minimum Gasteiger partial charge on any atom is -0.353 e. The molecular weight excluding hydrogens is 306 g/mol. The molecule has 0 aliphatic heterocycles. The van der Waals surface area contributed by atoms with Crippen LogP contribution in [-0.4, -0.2) is 22.8 Å². The van der Waals surface area contributed by atoms with Crippen molar-refractivity contribution >= 4 is 39.6 Å². The molecule has 1 aliphatic rings. The second-order valence-electron chi connectivity index (χ2n) is 4.92. The molecule has 0 atom stereocenters. The Morgan fingerprint density at radius 3 is 2.90 bits per heavy atom. The molecule has 5 nitrogen and oxygen atoms in total. The zero-order valence-electron chi connectivity index (χ0n) is 11.3. The van der Waals surface area contributed by atoms with E-state index in [0.29, 0.717) is 28.9 Å². The van der Waals surface area contributed by atoms with Crippen molar-refractivity contribution < 1.29 is 9.59 Å². The van der Waals surface area contributed by atoms with E-state index in [1.54, 1.807) is 6.07 Å². The standard InChI is InChI=1S/C14H15N3O2S2/c18-12(15-9-3-4-9)6-5-10-8-21-14(16-10)17-13(19)11-2-1-7-20-11/h1-2,7-9H,3-6H2,(H,15,18)(H,16,17,19). The first-order valence-corrected chi connectivity index (χ1v) is 8.55. The quantitative estimate of drug-likeness (QED) is 0.859. The highest BCUT2D eigenvalue weighted by Crippen LogP contribution is 2.20. The number of thiophene rings is 1. The molecule has 1 aliphatic carbocycles.